The largest absolute Gasteiger partial charge is 0.381 e. The molecule has 3 aliphatic rings. The van der Waals surface area contributed by atoms with E-state index in [0.717, 1.165) is 39.1 Å². The van der Waals surface area contributed by atoms with E-state index < -0.39 is 0 Å². The molecule has 3 rings (SSSR count). The first-order valence-corrected chi connectivity index (χ1v) is 7.13. The van der Waals surface area contributed by atoms with E-state index in [-0.39, 0.29) is 0 Å². The van der Waals surface area contributed by atoms with Gasteiger partial charge in [0.25, 0.3) is 0 Å². The summed E-state index contributed by atoms with van der Waals surface area (Å²) in [5.74, 6) is 0.868. The smallest absolute Gasteiger partial charge is 0.222 e. The molecule has 1 atom stereocenters. The molecule has 0 radical (unpaired) electrons. The van der Waals surface area contributed by atoms with Gasteiger partial charge in [-0.2, -0.15) is 0 Å². The maximum absolute atomic E-state index is 12.2. The zero-order valence-electron chi connectivity index (χ0n) is 10.6. The summed E-state index contributed by atoms with van der Waals surface area (Å²) < 4.78 is 5.34. The van der Waals surface area contributed by atoms with E-state index in [9.17, 15) is 4.79 Å². The lowest BCUT2D eigenvalue weighted by Gasteiger charge is -2.24. The van der Waals surface area contributed by atoms with Gasteiger partial charge in [-0.3, -0.25) is 4.79 Å². The van der Waals surface area contributed by atoms with E-state index in [1.54, 1.807) is 0 Å². The van der Waals surface area contributed by atoms with Crippen molar-refractivity contribution in [1.82, 2.24) is 4.90 Å². The molecule has 96 valence electrons. The molecule has 2 aliphatic heterocycles. The third kappa shape index (κ3) is 2.35. The molecule has 0 N–H and O–H groups in total. The number of ether oxygens (including phenoxy) is 1. The van der Waals surface area contributed by atoms with Crippen molar-refractivity contribution in [3.05, 3.63) is 0 Å². The average Bonchev–Trinajstić information content (AvgIpc) is 3.03. The van der Waals surface area contributed by atoms with Crippen LogP contribution in [0.3, 0.4) is 0 Å². The average molecular weight is 237 g/mol. The minimum Gasteiger partial charge on any atom is -0.381 e. The Bertz CT molecular complexity index is 291. The lowest BCUT2D eigenvalue weighted by molar-refractivity contribution is -0.131. The first kappa shape index (κ1) is 11.5. The van der Waals surface area contributed by atoms with Crippen LogP contribution < -0.4 is 0 Å². The quantitative estimate of drug-likeness (QED) is 0.737. The fraction of sp³-hybridized carbons (Fsp3) is 0.929. The van der Waals surface area contributed by atoms with Gasteiger partial charge in [-0.25, -0.2) is 0 Å². The molecule has 0 aromatic rings. The van der Waals surface area contributed by atoms with Crippen LogP contribution in [0.15, 0.2) is 0 Å². The Kier molecular flexibility index (Phi) is 3.12. The van der Waals surface area contributed by atoms with E-state index in [2.05, 4.69) is 4.90 Å². The number of likely N-dealkylation sites (tertiary alicyclic amines) is 1. The Morgan fingerprint density at radius 1 is 1.29 bits per heavy atom. The highest BCUT2D eigenvalue weighted by atomic mass is 16.5. The lowest BCUT2D eigenvalue weighted by Crippen LogP contribution is -2.32. The number of rotatable bonds is 2. The molecule has 3 heteroatoms. The summed E-state index contributed by atoms with van der Waals surface area (Å²) in [6, 6.07) is 0. The zero-order valence-corrected chi connectivity index (χ0v) is 10.6. The Hall–Kier alpha value is -0.570. The van der Waals surface area contributed by atoms with E-state index in [4.69, 9.17) is 4.74 Å². The van der Waals surface area contributed by atoms with Crippen molar-refractivity contribution in [3.63, 3.8) is 0 Å². The second kappa shape index (κ2) is 4.60. The molecule has 1 amide bonds. The van der Waals surface area contributed by atoms with Gasteiger partial charge >= 0.3 is 0 Å². The predicted octanol–water partition coefficient (Wildman–Crippen LogP) is 2.21. The molecule has 0 unspecified atom stereocenters. The van der Waals surface area contributed by atoms with E-state index in [1.165, 1.54) is 32.1 Å². The van der Waals surface area contributed by atoms with Crippen molar-refractivity contribution >= 4 is 5.91 Å². The summed E-state index contributed by atoms with van der Waals surface area (Å²) in [6.45, 7) is 3.69. The van der Waals surface area contributed by atoms with Gasteiger partial charge in [0.15, 0.2) is 0 Å². The van der Waals surface area contributed by atoms with Gasteiger partial charge in [0.05, 0.1) is 0 Å². The van der Waals surface area contributed by atoms with Gasteiger partial charge in [0.2, 0.25) is 5.91 Å². The first-order chi connectivity index (χ1) is 8.27. The second-order valence-corrected chi connectivity index (χ2v) is 6.21. The standard InChI is InChI=1S/C14H23NO2/c16-13(9-12-3-8-17-10-12)15-7-6-14(11-15)4-1-2-5-14/h12H,1-11H2/t12-/m0/s1. The Labute approximate surface area is 104 Å². The Balaban J connectivity index is 1.53. The summed E-state index contributed by atoms with van der Waals surface area (Å²) in [6.07, 6.45) is 8.49. The van der Waals surface area contributed by atoms with Crippen LogP contribution in [-0.4, -0.2) is 37.1 Å². The summed E-state index contributed by atoms with van der Waals surface area (Å²) >= 11 is 0. The Morgan fingerprint density at radius 2 is 2.12 bits per heavy atom. The number of nitrogens with zero attached hydrogens (tertiary/aromatic N) is 1. The molecule has 1 saturated carbocycles. The molecular formula is C14H23NO2. The van der Waals surface area contributed by atoms with Crippen LogP contribution in [0.4, 0.5) is 0 Å². The van der Waals surface area contributed by atoms with Crippen LogP contribution in [0.25, 0.3) is 0 Å². The normalized spacial score (nSPS) is 31.5. The SMILES string of the molecule is O=C(C[C@@H]1CCOC1)N1CCC2(CCCC2)C1. The van der Waals surface area contributed by atoms with Gasteiger partial charge in [-0.1, -0.05) is 12.8 Å². The van der Waals surface area contributed by atoms with Crippen molar-refractivity contribution in [3.8, 4) is 0 Å². The van der Waals surface area contributed by atoms with Crippen molar-refractivity contribution in [2.75, 3.05) is 26.3 Å². The molecule has 3 fully saturated rings. The summed E-state index contributed by atoms with van der Waals surface area (Å²) in [4.78, 5) is 14.3. The molecule has 2 heterocycles. The highest BCUT2D eigenvalue weighted by Crippen LogP contribution is 2.45. The first-order valence-electron chi connectivity index (χ1n) is 7.13. The van der Waals surface area contributed by atoms with Crippen molar-refractivity contribution in [2.45, 2.75) is 44.9 Å². The zero-order chi connectivity index (χ0) is 11.7. The number of carbonyl (C=O) groups excluding carboxylic acids is 1. The maximum atomic E-state index is 12.2. The predicted molar refractivity (Wildman–Crippen MR) is 65.6 cm³/mol. The number of hydrogen-bond donors (Lipinski definition) is 0. The topological polar surface area (TPSA) is 29.5 Å². The summed E-state index contributed by atoms with van der Waals surface area (Å²) in [5.41, 5.74) is 0.516. The van der Waals surface area contributed by atoms with Crippen molar-refractivity contribution < 1.29 is 9.53 Å². The van der Waals surface area contributed by atoms with Gasteiger partial charge < -0.3 is 9.64 Å². The maximum Gasteiger partial charge on any atom is 0.222 e. The van der Waals surface area contributed by atoms with Gasteiger partial charge in [-0.15, -0.1) is 0 Å². The molecule has 0 bridgehead atoms. The lowest BCUT2D eigenvalue weighted by atomic mass is 9.86. The van der Waals surface area contributed by atoms with Gasteiger partial charge in [-0.05, 0) is 37.0 Å². The van der Waals surface area contributed by atoms with Gasteiger partial charge in [0.1, 0.15) is 0 Å². The van der Waals surface area contributed by atoms with Crippen LogP contribution in [0.1, 0.15) is 44.9 Å². The molecular weight excluding hydrogens is 214 g/mol. The minimum absolute atomic E-state index is 0.379. The molecule has 17 heavy (non-hydrogen) atoms. The van der Waals surface area contributed by atoms with E-state index in [1.807, 2.05) is 0 Å². The molecule has 0 aromatic heterocycles. The van der Waals surface area contributed by atoms with Crippen molar-refractivity contribution in [1.29, 1.82) is 0 Å². The monoisotopic (exact) mass is 237 g/mol. The van der Waals surface area contributed by atoms with Crippen molar-refractivity contribution in [2.24, 2.45) is 11.3 Å². The molecule has 2 saturated heterocycles. The summed E-state index contributed by atoms with van der Waals surface area (Å²) in [5, 5.41) is 0. The minimum atomic E-state index is 0.379. The molecule has 3 nitrogen and oxygen atoms in total. The molecule has 1 aliphatic carbocycles. The van der Waals surface area contributed by atoms with Crippen LogP contribution in [0.5, 0.6) is 0 Å². The fourth-order valence-electron chi connectivity index (χ4n) is 3.80. The van der Waals surface area contributed by atoms with Crippen LogP contribution >= 0.6 is 0 Å². The van der Waals surface area contributed by atoms with Crippen LogP contribution in [0.2, 0.25) is 0 Å². The highest BCUT2D eigenvalue weighted by molar-refractivity contribution is 5.76. The fourth-order valence-corrected chi connectivity index (χ4v) is 3.80. The second-order valence-electron chi connectivity index (χ2n) is 6.21. The van der Waals surface area contributed by atoms with Crippen LogP contribution in [-0.2, 0) is 9.53 Å². The Morgan fingerprint density at radius 3 is 2.82 bits per heavy atom. The third-order valence-corrected chi connectivity index (χ3v) is 4.94. The highest BCUT2D eigenvalue weighted by Gasteiger charge is 2.41. The van der Waals surface area contributed by atoms with E-state index in [0.29, 0.717) is 17.2 Å². The molecule has 1 spiro atoms. The number of amides is 1. The summed E-state index contributed by atoms with van der Waals surface area (Å²) in [7, 11) is 0. The number of hydrogen-bond acceptors (Lipinski definition) is 2. The van der Waals surface area contributed by atoms with Crippen LogP contribution in [0, 0.1) is 11.3 Å². The van der Waals surface area contributed by atoms with E-state index >= 15 is 0 Å². The van der Waals surface area contributed by atoms with Gasteiger partial charge in [0, 0.05) is 32.7 Å². The number of carbonyl (C=O) groups is 1. The molecule has 0 aromatic carbocycles. The third-order valence-electron chi connectivity index (χ3n) is 4.94.